The minimum Gasteiger partial charge on any atom is -0.379 e. The predicted octanol–water partition coefficient (Wildman–Crippen LogP) is 0.672. The second-order valence-corrected chi connectivity index (χ2v) is 10.0. The number of nitrogens with zero attached hydrogens (tertiary/aromatic N) is 2. The summed E-state index contributed by atoms with van der Waals surface area (Å²) in [6.45, 7) is 2.48. The van der Waals surface area contributed by atoms with E-state index < -0.39 is 10.0 Å². The molecule has 2 fully saturated rings. The lowest BCUT2D eigenvalue weighted by Crippen LogP contribution is -2.42. The van der Waals surface area contributed by atoms with Crippen LogP contribution in [0.3, 0.4) is 0 Å². The molecule has 3 aliphatic rings. The van der Waals surface area contributed by atoms with Crippen molar-refractivity contribution in [2.24, 2.45) is 0 Å². The zero-order chi connectivity index (χ0) is 21.8. The second kappa shape index (κ2) is 9.64. The molecule has 0 aromatic heterocycles. The van der Waals surface area contributed by atoms with Crippen LogP contribution in [0.5, 0.6) is 0 Å². The van der Waals surface area contributed by atoms with Crippen molar-refractivity contribution < 1.29 is 27.5 Å². The van der Waals surface area contributed by atoms with Gasteiger partial charge in [0.2, 0.25) is 21.8 Å². The molecule has 0 spiro atoms. The number of ether oxygens (including phenoxy) is 2. The lowest BCUT2D eigenvalue weighted by molar-refractivity contribution is -0.124. The highest BCUT2D eigenvalue weighted by molar-refractivity contribution is 7.89. The van der Waals surface area contributed by atoms with Gasteiger partial charge in [-0.25, -0.2) is 8.42 Å². The lowest BCUT2D eigenvalue weighted by atomic mass is 10.1. The maximum Gasteiger partial charge on any atom is 0.243 e. The van der Waals surface area contributed by atoms with Gasteiger partial charge in [-0.3, -0.25) is 9.59 Å². The SMILES string of the molecule is O=C(CN1C(=O)CCCc2cc(S(=O)(=O)N3CCOCC3)ccc21)NC[C@H]1CCCO1. The van der Waals surface area contributed by atoms with E-state index >= 15 is 0 Å². The third kappa shape index (κ3) is 5.08. The molecular weight excluding hydrogens is 422 g/mol. The predicted molar refractivity (Wildman–Crippen MR) is 113 cm³/mol. The Morgan fingerprint density at radius 2 is 1.94 bits per heavy atom. The van der Waals surface area contributed by atoms with Gasteiger partial charge in [0, 0.05) is 38.3 Å². The highest BCUT2D eigenvalue weighted by Gasteiger charge is 2.30. The molecule has 1 aromatic rings. The first-order valence-corrected chi connectivity index (χ1v) is 12.3. The average Bonchev–Trinajstić information content (AvgIpc) is 3.25. The number of nitrogens with one attached hydrogen (secondary N) is 1. The first-order chi connectivity index (χ1) is 14.9. The van der Waals surface area contributed by atoms with Gasteiger partial charge < -0.3 is 19.7 Å². The van der Waals surface area contributed by atoms with Crippen LogP contribution in [0, 0.1) is 0 Å². The van der Waals surface area contributed by atoms with Crippen molar-refractivity contribution >= 4 is 27.5 Å². The molecule has 4 rings (SSSR count). The Morgan fingerprint density at radius 1 is 1.13 bits per heavy atom. The molecule has 0 bridgehead atoms. The summed E-state index contributed by atoms with van der Waals surface area (Å²) in [4.78, 5) is 26.9. The van der Waals surface area contributed by atoms with E-state index in [0.717, 1.165) is 18.4 Å². The van der Waals surface area contributed by atoms with E-state index in [4.69, 9.17) is 9.47 Å². The fourth-order valence-corrected chi connectivity index (χ4v) is 5.69. The molecule has 2 amide bonds. The summed E-state index contributed by atoms with van der Waals surface area (Å²) in [5, 5.41) is 2.85. The molecule has 2 saturated heterocycles. The molecule has 31 heavy (non-hydrogen) atoms. The molecule has 1 aromatic carbocycles. The standard InChI is InChI=1S/C21H29N3O6S/c25-20(22-14-17-4-2-10-30-17)15-24-19-7-6-18(13-16(19)3-1-5-21(24)26)31(27,28)23-8-11-29-12-9-23/h6-7,13,17H,1-5,8-12,14-15H2,(H,22,25)/t17-/m1/s1. The quantitative estimate of drug-likeness (QED) is 0.682. The van der Waals surface area contributed by atoms with E-state index in [9.17, 15) is 18.0 Å². The third-order valence-corrected chi connectivity index (χ3v) is 7.83. The van der Waals surface area contributed by atoms with Crippen molar-refractivity contribution in [1.82, 2.24) is 9.62 Å². The molecule has 9 nitrogen and oxygen atoms in total. The van der Waals surface area contributed by atoms with Crippen molar-refractivity contribution in [2.45, 2.75) is 43.1 Å². The molecule has 0 unspecified atom stereocenters. The number of rotatable bonds is 6. The van der Waals surface area contributed by atoms with E-state index in [2.05, 4.69) is 5.32 Å². The number of amides is 2. The summed E-state index contributed by atoms with van der Waals surface area (Å²) in [6, 6.07) is 4.83. The summed E-state index contributed by atoms with van der Waals surface area (Å²) in [5.74, 6) is -0.378. The van der Waals surface area contributed by atoms with Gasteiger partial charge >= 0.3 is 0 Å². The van der Waals surface area contributed by atoms with Gasteiger partial charge in [0.25, 0.3) is 0 Å². The number of carbonyl (C=O) groups is 2. The van der Waals surface area contributed by atoms with Crippen LogP contribution in [0.15, 0.2) is 23.1 Å². The number of carbonyl (C=O) groups excluding carboxylic acids is 2. The Morgan fingerprint density at radius 3 is 2.68 bits per heavy atom. The van der Waals surface area contributed by atoms with Crippen LogP contribution in [0.1, 0.15) is 31.2 Å². The maximum atomic E-state index is 13.0. The van der Waals surface area contributed by atoms with E-state index in [1.54, 1.807) is 12.1 Å². The molecule has 3 heterocycles. The molecule has 0 aliphatic carbocycles. The fourth-order valence-electron chi connectivity index (χ4n) is 4.23. The molecule has 0 saturated carbocycles. The minimum atomic E-state index is -3.62. The first kappa shape index (κ1) is 22.2. The van der Waals surface area contributed by atoms with Crippen molar-refractivity contribution in [2.75, 3.05) is 50.9 Å². The summed E-state index contributed by atoms with van der Waals surface area (Å²) < 4.78 is 38.2. The second-order valence-electron chi connectivity index (χ2n) is 8.08. The monoisotopic (exact) mass is 451 g/mol. The van der Waals surface area contributed by atoms with E-state index in [1.807, 2.05) is 0 Å². The average molecular weight is 452 g/mol. The number of fused-ring (bicyclic) bond motifs is 1. The molecule has 1 N–H and O–H groups in total. The number of hydrogen-bond donors (Lipinski definition) is 1. The van der Waals surface area contributed by atoms with Crippen LogP contribution in [-0.4, -0.2) is 76.6 Å². The number of anilines is 1. The van der Waals surface area contributed by atoms with Gasteiger partial charge in [-0.1, -0.05) is 0 Å². The zero-order valence-electron chi connectivity index (χ0n) is 17.5. The molecule has 10 heteroatoms. The van der Waals surface area contributed by atoms with Gasteiger partial charge in [0.15, 0.2) is 0 Å². The smallest absolute Gasteiger partial charge is 0.243 e. The van der Waals surface area contributed by atoms with Gasteiger partial charge in [0.1, 0.15) is 6.54 Å². The normalized spacial score (nSPS) is 22.8. The summed E-state index contributed by atoms with van der Waals surface area (Å²) >= 11 is 0. The van der Waals surface area contributed by atoms with Gasteiger partial charge in [0.05, 0.1) is 24.2 Å². The van der Waals surface area contributed by atoms with Crippen LogP contribution in [-0.2, 0) is 35.5 Å². The molecule has 1 atom stereocenters. The van der Waals surface area contributed by atoms with Crippen molar-refractivity contribution in [1.29, 1.82) is 0 Å². The Labute approximate surface area is 182 Å². The van der Waals surface area contributed by atoms with E-state index in [0.29, 0.717) is 64.4 Å². The van der Waals surface area contributed by atoms with Crippen LogP contribution in [0.2, 0.25) is 0 Å². The maximum absolute atomic E-state index is 13.0. The van der Waals surface area contributed by atoms with Crippen LogP contribution >= 0.6 is 0 Å². The minimum absolute atomic E-state index is 0.0315. The van der Waals surface area contributed by atoms with Crippen LogP contribution in [0.4, 0.5) is 5.69 Å². The lowest BCUT2D eigenvalue weighted by Gasteiger charge is -2.27. The first-order valence-electron chi connectivity index (χ1n) is 10.8. The van der Waals surface area contributed by atoms with Crippen LogP contribution < -0.4 is 10.2 Å². The number of aryl methyl sites for hydroxylation is 1. The van der Waals surface area contributed by atoms with Gasteiger partial charge in [-0.05, 0) is 49.4 Å². The van der Waals surface area contributed by atoms with Gasteiger partial charge in [-0.15, -0.1) is 0 Å². The topological polar surface area (TPSA) is 105 Å². The van der Waals surface area contributed by atoms with E-state index in [1.165, 1.54) is 15.3 Å². The largest absolute Gasteiger partial charge is 0.379 e. The Bertz CT molecular complexity index is 923. The van der Waals surface area contributed by atoms with Gasteiger partial charge in [-0.2, -0.15) is 4.31 Å². The molecular formula is C21H29N3O6S. The third-order valence-electron chi connectivity index (χ3n) is 5.94. The van der Waals surface area contributed by atoms with Crippen LogP contribution in [0.25, 0.3) is 0 Å². The number of benzene rings is 1. The highest BCUT2D eigenvalue weighted by Crippen LogP contribution is 2.30. The summed E-state index contributed by atoms with van der Waals surface area (Å²) in [5.41, 5.74) is 1.38. The van der Waals surface area contributed by atoms with E-state index in [-0.39, 0.29) is 29.4 Å². The summed E-state index contributed by atoms with van der Waals surface area (Å²) in [7, 11) is -3.62. The Balaban J connectivity index is 1.51. The zero-order valence-corrected chi connectivity index (χ0v) is 18.4. The summed E-state index contributed by atoms with van der Waals surface area (Å²) in [6.07, 6.45) is 3.46. The fraction of sp³-hybridized carbons (Fsp3) is 0.619. The molecule has 170 valence electrons. The van der Waals surface area contributed by atoms with Crippen molar-refractivity contribution in [3.8, 4) is 0 Å². The molecule has 0 radical (unpaired) electrons. The number of morpholine rings is 1. The van der Waals surface area contributed by atoms with Crippen molar-refractivity contribution in [3.63, 3.8) is 0 Å². The Kier molecular flexibility index (Phi) is 6.90. The number of hydrogen-bond acceptors (Lipinski definition) is 6. The number of sulfonamides is 1. The van der Waals surface area contributed by atoms with Crippen molar-refractivity contribution in [3.05, 3.63) is 23.8 Å². The molecule has 3 aliphatic heterocycles. The Hall–Kier alpha value is -2.01. The highest BCUT2D eigenvalue weighted by atomic mass is 32.2.